The van der Waals surface area contributed by atoms with E-state index in [1.54, 1.807) is 12.2 Å². The lowest BCUT2D eigenvalue weighted by Crippen LogP contribution is -2.11. The van der Waals surface area contributed by atoms with Crippen LogP contribution < -0.4 is 0 Å². The molecular formula is C13H14O4. The molecule has 1 N–H and O–H groups in total. The zero-order valence-electron chi connectivity index (χ0n) is 13.2. The first-order valence-corrected chi connectivity index (χ1v) is 4.98. The number of carbonyl (C=O) groups is 2. The van der Waals surface area contributed by atoms with Crippen LogP contribution in [0.3, 0.4) is 0 Å². The Morgan fingerprint density at radius 1 is 1.35 bits per heavy atom. The molecule has 0 fully saturated rings. The molecule has 1 aromatic rings. The molecule has 0 bridgehead atoms. The van der Waals surface area contributed by atoms with Gasteiger partial charge in [0.25, 0.3) is 0 Å². The molecule has 90 valence electrons. The summed E-state index contributed by atoms with van der Waals surface area (Å²) in [7, 11) is 0. The maximum atomic E-state index is 11.9. The van der Waals surface area contributed by atoms with Crippen LogP contribution in [0.15, 0.2) is 36.3 Å². The quantitative estimate of drug-likeness (QED) is 0.632. The lowest BCUT2D eigenvalue weighted by Gasteiger charge is -2.04. The predicted octanol–water partition coefficient (Wildman–Crippen LogP) is 2.51. The normalized spacial score (nSPS) is 13.7. The summed E-state index contributed by atoms with van der Waals surface area (Å²) in [5.74, 6) is -2.71. The lowest BCUT2D eigenvalue weighted by molar-refractivity contribution is 0.0536. The van der Waals surface area contributed by atoms with Crippen LogP contribution in [0.2, 0.25) is 0 Å². The molecule has 0 amide bonds. The molecule has 0 aromatic heterocycles. The molecule has 0 radical (unpaired) electrons. The van der Waals surface area contributed by atoms with E-state index in [2.05, 4.69) is 0 Å². The highest BCUT2D eigenvalue weighted by molar-refractivity contribution is 6.02. The number of carbonyl (C=O) groups excluding carboxylic acids is 1. The first kappa shape index (κ1) is 8.06. The highest BCUT2D eigenvalue weighted by Crippen LogP contribution is 2.10. The zero-order chi connectivity index (χ0) is 16.2. The van der Waals surface area contributed by atoms with Crippen LogP contribution in [0.4, 0.5) is 0 Å². The van der Waals surface area contributed by atoms with Gasteiger partial charge in [-0.25, -0.2) is 9.59 Å². The van der Waals surface area contributed by atoms with Gasteiger partial charge < -0.3 is 9.84 Å². The SMILES string of the molecule is [2H]c1c([2H])c([2H])c(C(=O)OC/C=C\CC)c(C(=O)O)c1[2H]. The Morgan fingerprint density at radius 3 is 2.59 bits per heavy atom. The summed E-state index contributed by atoms with van der Waals surface area (Å²) in [6.07, 6.45) is 4.04. The molecule has 0 saturated heterocycles. The van der Waals surface area contributed by atoms with E-state index in [4.69, 9.17) is 15.3 Å². The molecule has 4 heteroatoms. The highest BCUT2D eigenvalue weighted by atomic mass is 16.5. The number of allylic oxidation sites excluding steroid dienone is 1. The van der Waals surface area contributed by atoms with E-state index in [0.29, 0.717) is 0 Å². The maximum Gasteiger partial charge on any atom is 0.339 e. The number of carboxylic acids is 1. The van der Waals surface area contributed by atoms with Crippen molar-refractivity contribution in [3.63, 3.8) is 0 Å². The van der Waals surface area contributed by atoms with E-state index in [9.17, 15) is 9.59 Å². The van der Waals surface area contributed by atoms with Gasteiger partial charge in [0.1, 0.15) is 6.61 Å². The smallest absolute Gasteiger partial charge is 0.339 e. The van der Waals surface area contributed by atoms with Gasteiger partial charge in [-0.15, -0.1) is 0 Å². The van der Waals surface area contributed by atoms with Crippen molar-refractivity contribution >= 4 is 11.9 Å². The van der Waals surface area contributed by atoms with E-state index in [1.807, 2.05) is 6.92 Å². The van der Waals surface area contributed by atoms with Gasteiger partial charge in [-0.1, -0.05) is 31.2 Å². The fourth-order valence-corrected chi connectivity index (χ4v) is 1.06. The van der Waals surface area contributed by atoms with E-state index >= 15 is 0 Å². The molecule has 0 aliphatic carbocycles. The van der Waals surface area contributed by atoms with Crippen molar-refractivity contribution in [3.8, 4) is 0 Å². The largest absolute Gasteiger partial charge is 0.478 e. The summed E-state index contributed by atoms with van der Waals surface area (Å²) in [5, 5.41) is 9.08. The Hall–Kier alpha value is -2.10. The summed E-state index contributed by atoms with van der Waals surface area (Å²) in [6.45, 7) is 1.78. The molecule has 17 heavy (non-hydrogen) atoms. The summed E-state index contributed by atoms with van der Waals surface area (Å²) in [6, 6.07) is -2.89. The molecule has 1 aromatic carbocycles. The zero-order valence-corrected chi connectivity index (χ0v) is 9.24. The molecule has 0 saturated carbocycles. The minimum Gasteiger partial charge on any atom is -0.478 e. The summed E-state index contributed by atoms with van der Waals surface area (Å²) >= 11 is 0. The Bertz CT molecular complexity index is 611. The van der Waals surface area contributed by atoms with Crippen LogP contribution in [0.25, 0.3) is 0 Å². The Balaban J connectivity index is 3.30. The number of benzene rings is 1. The van der Waals surface area contributed by atoms with Gasteiger partial charge in [0.15, 0.2) is 0 Å². The van der Waals surface area contributed by atoms with Gasteiger partial charge in [-0.3, -0.25) is 0 Å². The average Bonchev–Trinajstić information content (AvgIpc) is 2.44. The van der Waals surface area contributed by atoms with Gasteiger partial charge in [-0.2, -0.15) is 0 Å². The van der Waals surface area contributed by atoms with Crippen molar-refractivity contribution in [1.29, 1.82) is 0 Å². The average molecular weight is 238 g/mol. The fourth-order valence-electron chi connectivity index (χ4n) is 1.06. The Labute approximate surface area is 105 Å². The van der Waals surface area contributed by atoms with Crippen LogP contribution in [0.5, 0.6) is 0 Å². The van der Waals surface area contributed by atoms with E-state index in [0.717, 1.165) is 6.42 Å². The molecule has 0 aliphatic rings. The topological polar surface area (TPSA) is 63.6 Å². The number of rotatable bonds is 5. The van der Waals surface area contributed by atoms with E-state index in [-0.39, 0.29) is 6.61 Å². The highest BCUT2D eigenvalue weighted by Gasteiger charge is 2.16. The van der Waals surface area contributed by atoms with Gasteiger partial charge in [0.2, 0.25) is 0 Å². The number of ether oxygens (including phenoxy) is 1. The van der Waals surface area contributed by atoms with Crippen molar-refractivity contribution in [2.24, 2.45) is 0 Å². The summed E-state index contributed by atoms with van der Waals surface area (Å²) in [5.41, 5.74) is -1.45. The van der Waals surface area contributed by atoms with E-state index in [1.165, 1.54) is 0 Å². The third kappa shape index (κ3) is 3.75. The number of hydrogen-bond acceptors (Lipinski definition) is 3. The number of esters is 1. The molecule has 0 heterocycles. The molecule has 1 rings (SSSR count). The van der Waals surface area contributed by atoms with Crippen LogP contribution in [-0.4, -0.2) is 23.7 Å². The fraction of sp³-hybridized carbons (Fsp3) is 0.231. The van der Waals surface area contributed by atoms with Crippen molar-refractivity contribution in [3.05, 3.63) is 47.4 Å². The number of hydrogen-bond donors (Lipinski definition) is 1. The monoisotopic (exact) mass is 238 g/mol. The molecular weight excluding hydrogens is 220 g/mol. The maximum absolute atomic E-state index is 11.9. The van der Waals surface area contributed by atoms with Crippen molar-refractivity contribution in [2.75, 3.05) is 6.61 Å². The Morgan fingerprint density at radius 2 is 2.00 bits per heavy atom. The number of carboxylic acid groups (broad SMARTS) is 1. The van der Waals surface area contributed by atoms with Crippen LogP contribution >= 0.6 is 0 Å². The minimum atomic E-state index is -1.61. The van der Waals surface area contributed by atoms with Crippen molar-refractivity contribution < 1.29 is 24.9 Å². The molecule has 0 unspecified atom stereocenters. The standard InChI is InChI=1S/C13H14O4/c1-2-3-6-9-17-13(16)11-8-5-4-7-10(11)12(14)15/h3-8H,2,9H2,1H3,(H,14,15)/b6-3-/i4D,5D,7D,8D. The summed E-state index contributed by atoms with van der Waals surface area (Å²) in [4.78, 5) is 23.1. The van der Waals surface area contributed by atoms with Crippen molar-refractivity contribution in [2.45, 2.75) is 13.3 Å². The first-order valence-electron chi connectivity index (χ1n) is 6.98. The summed E-state index contributed by atoms with van der Waals surface area (Å²) < 4.78 is 34.9. The van der Waals surface area contributed by atoms with Crippen LogP contribution in [0, 0.1) is 0 Å². The first-order chi connectivity index (χ1) is 9.82. The third-order valence-corrected chi connectivity index (χ3v) is 1.82. The third-order valence-electron chi connectivity index (χ3n) is 1.82. The Kier molecular flexibility index (Phi) is 3.07. The second-order valence-corrected chi connectivity index (χ2v) is 3.03. The van der Waals surface area contributed by atoms with Crippen LogP contribution in [-0.2, 0) is 4.74 Å². The predicted molar refractivity (Wildman–Crippen MR) is 63.1 cm³/mol. The molecule has 0 spiro atoms. The van der Waals surface area contributed by atoms with Gasteiger partial charge in [-0.05, 0) is 18.5 Å². The second-order valence-electron chi connectivity index (χ2n) is 3.03. The van der Waals surface area contributed by atoms with E-state index < -0.39 is 47.2 Å². The molecule has 4 nitrogen and oxygen atoms in total. The molecule has 0 atom stereocenters. The van der Waals surface area contributed by atoms with Gasteiger partial charge in [0.05, 0.1) is 16.6 Å². The van der Waals surface area contributed by atoms with Crippen molar-refractivity contribution in [1.82, 2.24) is 0 Å². The molecule has 0 aliphatic heterocycles. The van der Waals surface area contributed by atoms with Gasteiger partial charge in [0, 0.05) is 0 Å². The number of aromatic carboxylic acids is 1. The lowest BCUT2D eigenvalue weighted by atomic mass is 10.1. The van der Waals surface area contributed by atoms with Crippen LogP contribution in [0.1, 0.15) is 39.5 Å². The second kappa shape index (κ2) is 6.48. The minimum absolute atomic E-state index is 0.103. The van der Waals surface area contributed by atoms with Gasteiger partial charge >= 0.3 is 11.9 Å².